The number of amides is 1. The third-order valence-electron chi connectivity index (χ3n) is 4.82. The molecule has 1 aliphatic heterocycles. The van der Waals surface area contributed by atoms with Crippen LogP contribution in [0.5, 0.6) is 11.5 Å². The Morgan fingerprint density at radius 2 is 1.83 bits per heavy atom. The summed E-state index contributed by atoms with van der Waals surface area (Å²) >= 11 is 0. The molecule has 0 saturated carbocycles. The maximum Gasteiger partial charge on any atom is 0.251 e. The van der Waals surface area contributed by atoms with Crippen LogP contribution in [0.4, 0.5) is 0 Å². The van der Waals surface area contributed by atoms with E-state index in [9.17, 15) is 13.2 Å². The fraction of sp³-hybridized carbons (Fsp3) is 0.381. The van der Waals surface area contributed by atoms with Crippen molar-refractivity contribution in [2.24, 2.45) is 0 Å². The van der Waals surface area contributed by atoms with E-state index < -0.39 is 10.0 Å². The highest BCUT2D eigenvalue weighted by Gasteiger charge is 2.30. The Morgan fingerprint density at radius 1 is 1.10 bits per heavy atom. The van der Waals surface area contributed by atoms with Gasteiger partial charge < -0.3 is 14.8 Å². The van der Waals surface area contributed by atoms with Crippen molar-refractivity contribution in [3.8, 4) is 11.5 Å². The third kappa shape index (κ3) is 4.71. The fourth-order valence-corrected chi connectivity index (χ4v) is 4.99. The second-order valence-electron chi connectivity index (χ2n) is 6.70. The van der Waals surface area contributed by atoms with Crippen molar-refractivity contribution in [2.45, 2.75) is 31.2 Å². The quantitative estimate of drug-likeness (QED) is 0.713. The Bertz CT molecular complexity index is 969. The molecule has 156 valence electrons. The molecule has 1 N–H and O–H groups in total. The van der Waals surface area contributed by atoms with Gasteiger partial charge in [-0.3, -0.25) is 4.79 Å². The molecule has 29 heavy (non-hydrogen) atoms. The lowest BCUT2D eigenvalue weighted by molar-refractivity contribution is 0.0950. The molecule has 0 aromatic heterocycles. The number of carbonyl (C=O) groups is 1. The molecule has 0 spiro atoms. The van der Waals surface area contributed by atoms with Crippen molar-refractivity contribution in [1.82, 2.24) is 9.62 Å². The molecule has 1 saturated heterocycles. The molecule has 7 nitrogen and oxygen atoms in total. The first kappa shape index (κ1) is 21.1. The molecular weight excluding hydrogens is 392 g/mol. The predicted molar refractivity (Wildman–Crippen MR) is 110 cm³/mol. The van der Waals surface area contributed by atoms with Crippen molar-refractivity contribution in [3.05, 3.63) is 53.6 Å². The number of benzene rings is 2. The number of hydrogen-bond donors (Lipinski definition) is 1. The molecule has 1 heterocycles. The van der Waals surface area contributed by atoms with Crippen molar-refractivity contribution >= 4 is 15.9 Å². The van der Waals surface area contributed by atoms with Crippen LogP contribution in [-0.2, 0) is 16.6 Å². The maximum atomic E-state index is 13.1. The van der Waals surface area contributed by atoms with Crippen molar-refractivity contribution in [2.75, 3.05) is 26.8 Å². The van der Waals surface area contributed by atoms with Crippen LogP contribution < -0.4 is 14.8 Å². The lowest BCUT2D eigenvalue weighted by atomic mass is 10.1. The Balaban J connectivity index is 1.85. The lowest BCUT2D eigenvalue weighted by Crippen LogP contribution is -2.29. The molecular formula is C21H26N2O5S. The molecule has 3 rings (SSSR count). The van der Waals surface area contributed by atoms with Gasteiger partial charge in [-0.25, -0.2) is 8.42 Å². The summed E-state index contributed by atoms with van der Waals surface area (Å²) in [5.41, 5.74) is 1.10. The van der Waals surface area contributed by atoms with E-state index in [2.05, 4.69) is 5.32 Å². The lowest BCUT2D eigenvalue weighted by Gasteiger charge is -2.19. The minimum Gasteiger partial charge on any atom is -0.496 e. The Kier molecular flexibility index (Phi) is 6.76. The van der Waals surface area contributed by atoms with E-state index >= 15 is 0 Å². The molecule has 0 aliphatic carbocycles. The van der Waals surface area contributed by atoms with E-state index in [1.165, 1.54) is 10.4 Å². The molecule has 0 atom stereocenters. The molecule has 1 amide bonds. The first-order chi connectivity index (χ1) is 14.0. The van der Waals surface area contributed by atoms with Gasteiger partial charge in [-0.1, -0.05) is 18.2 Å². The van der Waals surface area contributed by atoms with Gasteiger partial charge in [-0.15, -0.1) is 0 Å². The standard InChI is InChI=1S/C21H26N2O5S/c1-3-28-19-11-10-16(14-20(19)29(25,26)23-12-6-7-13-23)21(24)22-15-17-8-4-5-9-18(17)27-2/h4-5,8-11,14H,3,6-7,12-13,15H2,1-2H3,(H,22,24). The second kappa shape index (κ2) is 9.28. The Labute approximate surface area is 171 Å². The van der Waals surface area contributed by atoms with E-state index in [1.807, 2.05) is 24.3 Å². The summed E-state index contributed by atoms with van der Waals surface area (Å²) < 4.78 is 38.4. The zero-order valence-corrected chi connectivity index (χ0v) is 17.5. The minimum atomic E-state index is -3.72. The zero-order chi connectivity index (χ0) is 20.9. The minimum absolute atomic E-state index is 0.0335. The highest BCUT2D eigenvalue weighted by molar-refractivity contribution is 7.89. The van der Waals surface area contributed by atoms with E-state index in [-0.39, 0.29) is 28.7 Å². The van der Waals surface area contributed by atoms with Gasteiger partial charge in [0.25, 0.3) is 5.91 Å². The number of hydrogen-bond acceptors (Lipinski definition) is 5. The molecule has 1 aliphatic rings. The number of rotatable bonds is 8. The van der Waals surface area contributed by atoms with Crippen LogP contribution in [-0.4, -0.2) is 45.4 Å². The van der Waals surface area contributed by atoms with Crippen LogP contribution in [0.25, 0.3) is 0 Å². The van der Waals surface area contributed by atoms with Crippen LogP contribution >= 0.6 is 0 Å². The molecule has 8 heteroatoms. The number of methoxy groups -OCH3 is 1. The number of nitrogens with zero attached hydrogens (tertiary/aromatic N) is 1. The molecule has 0 radical (unpaired) electrons. The number of sulfonamides is 1. The SMILES string of the molecule is CCOc1ccc(C(=O)NCc2ccccc2OC)cc1S(=O)(=O)N1CCCC1. The smallest absolute Gasteiger partial charge is 0.251 e. The molecule has 0 unspecified atom stereocenters. The van der Waals surface area contributed by atoms with Crippen molar-refractivity contribution in [3.63, 3.8) is 0 Å². The number of nitrogens with one attached hydrogen (secondary N) is 1. The van der Waals surface area contributed by atoms with Gasteiger partial charge in [0.05, 0.1) is 13.7 Å². The van der Waals surface area contributed by atoms with Crippen LogP contribution in [0.15, 0.2) is 47.4 Å². The van der Waals surface area contributed by atoms with Gasteiger partial charge in [0, 0.05) is 30.8 Å². The number of para-hydroxylation sites is 1. The predicted octanol–water partition coefficient (Wildman–Crippen LogP) is 2.81. The van der Waals surface area contributed by atoms with E-state index in [4.69, 9.17) is 9.47 Å². The van der Waals surface area contributed by atoms with Crippen molar-refractivity contribution < 1.29 is 22.7 Å². The number of carbonyl (C=O) groups excluding carboxylic acids is 1. The topological polar surface area (TPSA) is 84.9 Å². The van der Waals surface area contributed by atoms with Gasteiger partial charge in [0.2, 0.25) is 10.0 Å². The van der Waals surface area contributed by atoms with Gasteiger partial charge in [0.1, 0.15) is 16.4 Å². The van der Waals surface area contributed by atoms with Crippen LogP contribution in [0.3, 0.4) is 0 Å². The van der Waals surface area contributed by atoms with E-state index in [0.29, 0.717) is 25.4 Å². The summed E-state index contributed by atoms with van der Waals surface area (Å²) in [4.78, 5) is 12.7. The summed E-state index contributed by atoms with van der Waals surface area (Å²) in [6.07, 6.45) is 1.67. The zero-order valence-electron chi connectivity index (χ0n) is 16.7. The second-order valence-corrected chi connectivity index (χ2v) is 8.61. The first-order valence-electron chi connectivity index (χ1n) is 9.64. The molecule has 2 aromatic rings. The van der Waals surface area contributed by atoms with Crippen molar-refractivity contribution in [1.29, 1.82) is 0 Å². The Morgan fingerprint density at radius 3 is 2.52 bits per heavy atom. The van der Waals surface area contributed by atoms with Crippen LogP contribution in [0.1, 0.15) is 35.7 Å². The van der Waals surface area contributed by atoms with Gasteiger partial charge >= 0.3 is 0 Å². The summed E-state index contributed by atoms with van der Waals surface area (Å²) in [5, 5.41) is 2.82. The fourth-order valence-electron chi connectivity index (χ4n) is 3.32. The largest absolute Gasteiger partial charge is 0.496 e. The Hall–Kier alpha value is -2.58. The van der Waals surface area contributed by atoms with Gasteiger partial charge in [0.15, 0.2) is 0 Å². The highest BCUT2D eigenvalue weighted by Crippen LogP contribution is 2.30. The summed E-state index contributed by atoms with van der Waals surface area (Å²) in [5.74, 6) is 0.578. The molecule has 1 fully saturated rings. The third-order valence-corrected chi connectivity index (χ3v) is 6.74. The molecule has 0 bridgehead atoms. The first-order valence-corrected chi connectivity index (χ1v) is 11.1. The highest BCUT2D eigenvalue weighted by atomic mass is 32.2. The van der Waals surface area contributed by atoms with Crippen LogP contribution in [0, 0.1) is 0 Å². The van der Waals surface area contributed by atoms with Gasteiger partial charge in [-0.05, 0) is 44.0 Å². The average molecular weight is 419 g/mol. The van der Waals surface area contributed by atoms with Crippen LogP contribution in [0.2, 0.25) is 0 Å². The normalized spacial score (nSPS) is 14.6. The van der Waals surface area contributed by atoms with E-state index in [0.717, 1.165) is 18.4 Å². The number of ether oxygens (including phenoxy) is 2. The average Bonchev–Trinajstić information content (AvgIpc) is 3.28. The summed E-state index contributed by atoms with van der Waals surface area (Å²) in [6, 6.07) is 11.9. The maximum absolute atomic E-state index is 13.1. The summed E-state index contributed by atoms with van der Waals surface area (Å²) in [6.45, 7) is 3.36. The van der Waals surface area contributed by atoms with E-state index in [1.54, 1.807) is 26.2 Å². The molecule has 2 aromatic carbocycles. The van der Waals surface area contributed by atoms with Gasteiger partial charge in [-0.2, -0.15) is 4.31 Å². The monoisotopic (exact) mass is 418 g/mol. The summed E-state index contributed by atoms with van der Waals surface area (Å²) in [7, 11) is -2.14.